The third-order valence-corrected chi connectivity index (χ3v) is 1.61. The van der Waals surface area contributed by atoms with Crippen LogP contribution in [-0.4, -0.2) is 16.5 Å². The van der Waals surface area contributed by atoms with E-state index in [0.717, 1.165) is 17.4 Å². The highest BCUT2D eigenvalue weighted by Crippen LogP contribution is 2.53. The van der Waals surface area contributed by atoms with Crippen LogP contribution >= 0.6 is 0 Å². The van der Waals surface area contributed by atoms with Crippen molar-refractivity contribution in [2.45, 2.75) is 13.3 Å². The molecule has 2 aliphatic carbocycles. The van der Waals surface area contributed by atoms with Crippen LogP contribution < -0.4 is 0 Å². The van der Waals surface area contributed by atoms with Gasteiger partial charge in [0.15, 0.2) is 11.5 Å². The van der Waals surface area contributed by atoms with Gasteiger partial charge in [0.1, 0.15) is 6.29 Å². The summed E-state index contributed by atoms with van der Waals surface area (Å²) in [6, 6.07) is 3.54. The van der Waals surface area contributed by atoms with Crippen molar-refractivity contribution in [3.63, 3.8) is 0 Å². The van der Waals surface area contributed by atoms with E-state index in [4.69, 9.17) is 10.2 Å². The van der Waals surface area contributed by atoms with Gasteiger partial charge < -0.3 is 15.0 Å². The standard InChI is InChI=1S/C6H4O2.C3H6O/c7-5-3-1-2-4(3)6(5)8;1-2-3-4/h1-2,7-8H;3H,2H2,1H3. The molecule has 0 bridgehead atoms. The van der Waals surface area contributed by atoms with Crippen LogP contribution in [0.15, 0.2) is 12.1 Å². The topological polar surface area (TPSA) is 57.5 Å². The predicted molar refractivity (Wildman–Crippen MR) is 45.1 cm³/mol. The Hall–Kier alpha value is -1.51. The highest BCUT2D eigenvalue weighted by atomic mass is 16.3. The van der Waals surface area contributed by atoms with E-state index < -0.39 is 0 Å². The van der Waals surface area contributed by atoms with Crippen molar-refractivity contribution in [3.05, 3.63) is 12.1 Å². The number of phenolic OH excluding ortho intramolecular Hbond substituents is 2. The molecule has 3 heteroatoms. The highest BCUT2D eigenvalue weighted by molar-refractivity contribution is 5.92. The quantitative estimate of drug-likeness (QED) is 0.500. The summed E-state index contributed by atoms with van der Waals surface area (Å²) in [4.78, 5) is 9.17. The Labute approximate surface area is 70.3 Å². The Balaban J connectivity index is 0.000000157. The lowest BCUT2D eigenvalue weighted by Gasteiger charge is -2.18. The molecule has 2 rings (SSSR count). The van der Waals surface area contributed by atoms with Crippen LogP contribution in [0.1, 0.15) is 13.3 Å². The fourth-order valence-electron chi connectivity index (χ4n) is 0.856. The Morgan fingerprint density at radius 3 is 1.67 bits per heavy atom. The Kier molecular flexibility index (Phi) is 2.33. The smallest absolute Gasteiger partial charge is 0.166 e. The monoisotopic (exact) mass is 166 g/mol. The van der Waals surface area contributed by atoms with Crippen molar-refractivity contribution < 1.29 is 15.0 Å². The van der Waals surface area contributed by atoms with Crippen LogP contribution in [0, 0.1) is 0 Å². The Morgan fingerprint density at radius 1 is 1.25 bits per heavy atom. The number of carbonyl (C=O) groups is 1. The van der Waals surface area contributed by atoms with Crippen LogP contribution in [0.3, 0.4) is 0 Å². The third-order valence-electron chi connectivity index (χ3n) is 1.61. The first-order valence-electron chi connectivity index (χ1n) is 3.71. The molecule has 0 amide bonds. The van der Waals surface area contributed by atoms with Crippen molar-refractivity contribution in [2.75, 3.05) is 0 Å². The van der Waals surface area contributed by atoms with E-state index in [1.807, 2.05) is 6.92 Å². The van der Waals surface area contributed by atoms with Crippen molar-refractivity contribution >= 4 is 6.29 Å². The number of hydrogen-bond donors (Lipinski definition) is 2. The second kappa shape index (κ2) is 3.26. The molecule has 64 valence electrons. The van der Waals surface area contributed by atoms with E-state index in [2.05, 4.69) is 0 Å². The van der Waals surface area contributed by atoms with Gasteiger partial charge in [0.2, 0.25) is 0 Å². The molecule has 0 aromatic heterocycles. The first-order valence-corrected chi connectivity index (χ1v) is 3.71. The van der Waals surface area contributed by atoms with Crippen LogP contribution in [-0.2, 0) is 4.79 Å². The number of aromatic hydroxyl groups is 2. The van der Waals surface area contributed by atoms with Crippen LogP contribution in [0.5, 0.6) is 11.5 Å². The Morgan fingerprint density at radius 2 is 1.58 bits per heavy atom. The fraction of sp³-hybridized carbons (Fsp3) is 0.222. The second-order valence-electron chi connectivity index (χ2n) is 2.43. The number of rotatable bonds is 1. The zero-order chi connectivity index (χ0) is 9.14. The molecule has 0 aliphatic heterocycles. The van der Waals surface area contributed by atoms with Crippen molar-refractivity contribution in [2.24, 2.45) is 0 Å². The molecule has 0 saturated heterocycles. The van der Waals surface area contributed by atoms with Crippen molar-refractivity contribution in [1.82, 2.24) is 0 Å². The lowest BCUT2D eigenvalue weighted by atomic mass is 9.90. The van der Waals surface area contributed by atoms with Gasteiger partial charge in [-0.2, -0.15) is 0 Å². The van der Waals surface area contributed by atoms with Crippen LogP contribution in [0.25, 0.3) is 11.1 Å². The number of fused-ring (bicyclic) bond motifs is 1. The minimum absolute atomic E-state index is 0.0440. The zero-order valence-electron chi connectivity index (χ0n) is 6.74. The van der Waals surface area contributed by atoms with Crippen LogP contribution in [0.2, 0.25) is 0 Å². The SMILES string of the molecule is CCC=O.Oc1c2ccc-2c1O. The maximum absolute atomic E-state index is 9.17. The van der Waals surface area contributed by atoms with Crippen molar-refractivity contribution in [1.29, 1.82) is 0 Å². The molecule has 0 aromatic rings. The van der Waals surface area contributed by atoms with Gasteiger partial charge in [-0.3, -0.25) is 0 Å². The molecule has 0 aromatic carbocycles. The molecule has 0 heterocycles. The second-order valence-corrected chi connectivity index (χ2v) is 2.43. The van der Waals surface area contributed by atoms with E-state index in [1.54, 1.807) is 12.1 Å². The van der Waals surface area contributed by atoms with Gasteiger partial charge in [0.25, 0.3) is 0 Å². The van der Waals surface area contributed by atoms with Gasteiger partial charge in [-0.25, -0.2) is 0 Å². The summed E-state index contributed by atoms with van der Waals surface area (Å²) < 4.78 is 0. The summed E-state index contributed by atoms with van der Waals surface area (Å²) in [5.74, 6) is 0.0880. The number of benzene rings is 1. The summed E-state index contributed by atoms with van der Waals surface area (Å²) in [6.07, 6.45) is 1.51. The largest absolute Gasteiger partial charge is 0.504 e. The van der Waals surface area contributed by atoms with Gasteiger partial charge in [-0.05, 0) is 12.1 Å². The van der Waals surface area contributed by atoms with Crippen LogP contribution in [0.4, 0.5) is 0 Å². The average molecular weight is 166 g/mol. The minimum atomic E-state index is 0.0440. The minimum Gasteiger partial charge on any atom is -0.504 e. The molecule has 0 radical (unpaired) electrons. The van der Waals surface area contributed by atoms with Gasteiger partial charge >= 0.3 is 0 Å². The van der Waals surface area contributed by atoms with E-state index in [1.165, 1.54) is 0 Å². The van der Waals surface area contributed by atoms with Gasteiger partial charge in [0.05, 0.1) is 0 Å². The Bertz CT molecular complexity index is 278. The average Bonchev–Trinajstić information content (AvgIpc) is 2.03. The summed E-state index contributed by atoms with van der Waals surface area (Å²) in [5.41, 5.74) is 1.59. The first-order chi connectivity index (χ1) is 5.72. The van der Waals surface area contributed by atoms with Crippen molar-refractivity contribution in [3.8, 4) is 22.6 Å². The molecule has 0 unspecified atom stereocenters. The summed E-state index contributed by atoms with van der Waals surface area (Å²) in [6.45, 7) is 1.81. The number of phenols is 2. The highest BCUT2D eigenvalue weighted by Gasteiger charge is 2.24. The number of hydrogen-bond acceptors (Lipinski definition) is 3. The molecule has 0 atom stereocenters. The third kappa shape index (κ3) is 1.13. The number of aldehydes is 1. The zero-order valence-corrected chi connectivity index (χ0v) is 6.74. The molecule has 2 aliphatic rings. The summed E-state index contributed by atoms with van der Waals surface area (Å²) in [5, 5.41) is 17.5. The molecule has 0 fully saturated rings. The van der Waals surface area contributed by atoms with E-state index in [0.29, 0.717) is 6.42 Å². The first kappa shape index (κ1) is 8.59. The van der Waals surface area contributed by atoms with Gasteiger partial charge in [-0.1, -0.05) is 6.92 Å². The molecular formula is C9H10O3. The summed E-state index contributed by atoms with van der Waals surface area (Å²) >= 11 is 0. The number of carbonyl (C=O) groups excluding carboxylic acids is 1. The van der Waals surface area contributed by atoms with E-state index >= 15 is 0 Å². The maximum atomic E-state index is 9.17. The molecule has 0 spiro atoms. The predicted octanol–water partition coefficient (Wildman–Crippen LogP) is 1.67. The molecule has 3 nitrogen and oxygen atoms in total. The summed E-state index contributed by atoms with van der Waals surface area (Å²) in [7, 11) is 0. The fourth-order valence-corrected chi connectivity index (χ4v) is 0.856. The van der Waals surface area contributed by atoms with E-state index in [9.17, 15) is 4.79 Å². The molecule has 12 heavy (non-hydrogen) atoms. The lowest BCUT2D eigenvalue weighted by molar-refractivity contribution is -0.107. The normalized spacial score (nSPS) is 9.75. The van der Waals surface area contributed by atoms with E-state index in [-0.39, 0.29) is 11.5 Å². The van der Waals surface area contributed by atoms with Gasteiger partial charge in [0, 0.05) is 17.5 Å². The molecular weight excluding hydrogens is 156 g/mol. The molecule has 0 saturated carbocycles. The maximum Gasteiger partial charge on any atom is 0.166 e. The molecule has 2 N–H and O–H groups in total. The lowest BCUT2D eigenvalue weighted by Crippen LogP contribution is -1.91. The van der Waals surface area contributed by atoms with Gasteiger partial charge in [-0.15, -0.1) is 0 Å².